The molecule has 3 nitrogen and oxygen atoms in total. The van der Waals surface area contributed by atoms with Crippen LogP contribution in [0.2, 0.25) is 0 Å². The molecule has 0 fully saturated rings. The van der Waals surface area contributed by atoms with E-state index in [1.165, 1.54) is 0 Å². The SMILES string of the molecule is COCCCCOc1ccc(C[O-])cc1. The van der Waals surface area contributed by atoms with Crippen LogP contribution in [0.1, 0.15) is 18.4 Å². The van der Waals surface area contributed by atoms with Crippen LogP contribution in [0.15, 0.2) is 24.3 Å². The zero-order chi connectivity index (χ0) is 10.9. The summed E-state index contributed by atoms with van der Waals surface area (Å²) in [6.45, 7) is 1.30. The lowest BCUT2D eigenvalue weighted by Crippen LogP contribution is -2.02. The molecule has 0 amide bonds. The van der Waals surface area contributed by atoms with Crippen LogP contribution >= 0.6 is 0 Å². The molecule has 0 aliphatic carbocycles. The Kier molecular flexibility index (Phi) is 5.81. The molecule has 0 N–H and O–H groups in total. The zero-order valence-electron chi connectivity index (χ0n) is 9.07. The molecule has 0 bridgehead atoms. The highest BCUT2D eigenvalue weighted by molar-refractivity contribution is 5.26. The quantitative estimate of drug-likeness (QED) is 0.636. The van der Waals surface area contributed by atoms with Crippen molar-refractivity contribution in [3.63, 3.8) is 0 Å². The molecule has 0 saturated carbocycles. The van der Waals surface area contributed by atoms with Gasteiger partial charge in [0.2, 0.25) is 0 Å². The van der Waals surface area contributed by atoms with Crippen LogP contribution in [0.4, 0.5) is 0 Å². The number of benzene rings is 1. The first-order valence-corrected chi connectivity index (χ1v) is 5.15. The van der Waals surface area contributed by atoms with E-state index in [-0.39, 0.29) is 6.61 Å². The van der Waals surface area contributed by atoms with Gasteiger partial charge in [-0.15, -0.1) is 6.61 Å². The van der Waals surface area contributed by atoms with E-state index in [1.54, 1.807) is 19.2 Å². The van der Waals surface area contributed by atoms with Crippen molar-refractivity contribution in [2.24, 2.45) is 0 Å². The topological polar surface area (TPSA) is 41.5 Å². The van der Waals surface area contributed by atoms with Gasteiger partial charge in [-0.05, 0) is 25.0 Å². The first-order valence-electron chi connectivity index (χ1n) is 5.15. The van der Waals surface area contributed by atoms with Crippen molar-refractivity contribution in [2.75, 3.05) is 20.3 Å². The standard InChI is InChI=1S/C12H17O3/c1-14-8-2-3-9-15-12-6-4-11(10-13)5-7-12/h4-7H,2-3,8-10H2,1H3/q-1. The second kappa shape index (κ2) is 7.26. The fraction of sp³-hybridized carbons (Fsp3) is 0.500. The van der Waals surface area contributed by atoms with Crippen LogP contribution in [0.5, 0.6) is 5.75 Å². The minimum absolute atomic E-state index is 0.173. The van der Waals surface area contributed by atoms with E-state index in [9.17, 15) is 5.11 Å². The Balaban J connectivity index is 2.20. The van der Waals surface area contributed by atoms with Crippen molar-refractivity contribution in [2.45, 2.75) is 19.4 Å². The predicted molar refractivity (Wildman–Crippen MR) is 56.8 cm³/mol. The highest BCUT2D eigenvalue weighted by Gasteiger charge is 1.93. The van der Waals surface area contributed by atoms with E-state index in [2.05, 4.69) is 0 Å². The number of hydrogen-bond acceptors (Lipinski definition) is 3. The van der Waals surface area contributed by atoms with Crippen molar-refractivity contribution in [1.29, 1.82) is 0 Å². The lowest BCUT2D eigenvalue weighted by Gasteiger charge is -2.08. The van der Waals surface area contributed by atoms with E-state index in [4.69, 9.17) is 9.47 Å². The highest BCUT2D eigenvalue weighted by Crippen LogP contribution is 2.12. The molecule has 15 heavy (non-hydrogen) atoms. The van der Waals surface area contributed by atoms with Gasteiger partial charge in [-0.2, -0.15) is 0 Å². The summed E-state index contributed by atoms with van der Waals surface area (Å²) in [5, 5.41) is 10.5. The van der Waals surface area contributed by atoms with Gasteiger partial charge in [0.15, 0.2) is 0 Å². The number of hydrogen-bond donors (Lipinski definition) is 0. The molecule has 3 heteroatoms. The second-order valence-corrected chi connectivity index (χ2v) is 3.34. The maximum absolute atomic E-state index is 10.5. The molecule has 0 aliphatic heterocycles. The fourth-order valence-electron chi connectivity index (χ4n) is 1.22. The third-order valence-electron chi connectivity index (χ3n) is 2.10. The Hall–Kier alpha value is -1.06. The Labute approximate surface area is 90.6 Å². The molecule has 84 valence electrons. The van der Waals surface area contributed by atoms with Gasteiger partial charge in [0.05, 0.1) is 6.61 Å². The normalized spacial score (nSPS) is 10.3. The van der Waals surface area contributed by atoms with Crippen molar-refractivity contribution in [3.8, 4) is 5.75 Å². The first kappa shape index (κ1) is 12.0. The maximum atomic E-state index is 10.5. The Morgan fingerprint density at radius 3 is 2.33 bits per heavy atom. The third-order valence-corrected chi connectivity index (χ3v) is 2.10. The van der Waals surface area contributed by atoms with E-state index in [1.807, 2.05) is 12.1 Å². The molecule has 0 atom stereocenters. The van der Waals surface area contributed by atoms with Crippen molar-refractivity contribution < 1.29 is 14.6 Å². The van der Waals surface area contributed by atoms with Gasteiger partial charge in [-0.3, -0.25) is 0 Å². The molecule has 1 aromatic carbocycles. The van der Waals surface area contributed by atoms with Crippen LogP contribution < -0.4 is 9.84 Å². The molecule has 0 spiro atoms. The Morgan fingerprint density at radius 2 is 1.73 bits per heavy atom. The summed E-state index contributed by atoms with van der Waals surface area (Å²) in [6.07, 6.45) is 1.99. The Bertz CT molecular complexity index is 256. The number of ether oxygens (including phenoxy) is 2. The molecular weight excluding hydrogens is 192 g/mol. The van der Waals surface area contributed by atoms with Crippen LogP contribution in [-0.2, 0) is 11.3 Å². The molecule has 0 aliphatic rings. The summed E-state index contributed by atoms with van der Waals surface area (Å²) in [7, 11) is 1.70. The fourth-order valence-corrected chi connectivity index (χ4v) is 1.22. The number of rotatable bonds is 7. The zero-order valence-corrected chi connectivity index (χ0v) is 9.07. The average molecular weight is 209 g/mol. The smallest absolute Gasteiger partial charge is 0.119 e. The Morgan fingerprint density at radius 1 is 1.07 bits per heavy atom. The average Bonchev–Trinajstić information content (AvgIpc) is 2.30. The summed E-state index contributed by atoms with van der Waals surface area (Å²) in [5.74, 6) is 0.824. The van der Waals surface area contributed by atoms with E-state index >= 15 is 0 Å². The van der Waals surface area contributed by atoms with Crippen molar-refractivity contribution >= 4 is 0 Å². The third kappa shape index (κ3) is 4.81. The van der Waals surface area contributed by atoms with Gasteiger partial charge in [0.1, 0.15) is 5.75 Å². The lowest BCUT2D eigenvalue weighted by atomic mass is 10.2. The molecule has 1 rings (SSSR count). The molecular formula is C12H17O3-. The molecule has 0 unspecified atom stereocenters. The predicted octanol–water partition coefficient (Wildman–Crippen LogP) is 1.35. The summed E-state index contributed by atoms with van der Waals surface area (Å²) in [6, 6.07) is 7.28. The van der Waals surface area contributed by atoms with Crippen LogP contribution in [0.25, 0.3) is 0 Å². The minimum Gasteiger partial charge on any atom is -0.851 e. The second-order valence-electron chi connectivity index (χ2n) is 3.34. The van der Waals surface area contributed by atoms with Gasteiger partial charge in [0.25, 0.3) is 0 Å². The van der Waals surface area contributed by atoms with Gasteiger partial charge < -0.3 is 14.6 Å². The molecule has 1 aromatic rings. The van der Waals surface area contributed by atoms with Gasteiger partial charge in [-0.1, -0.05) is 17.7 Å². The summed E-state index contributed by atoms with van der Waals surface area (Å²) in [4.78, 5) is 0. The van der Waals surface area contributed by atoms with E-state index in [0.717, 1.165) is 30.8 Å². The van der Waals surface area contributed by atoms with Crippen molar-refractivity contribution in [3.05, 3.63) is 29.8 Å². The van der Waals surface area contributed by atoms with Crippen LogP contribution in [0, 0.1) is 0 Å². The summed E-state index contributed by atoms with van der Waals surface area (Å²) < 4.78 is 10.4. The maximum Gasteiger partial charge on any atom is 0.119 e. The van der Waals surface area contributed by atoms with E-state index in [0.29, 0.717) is 6.61 Å². The number of methoxy groups -OCH3 is 1. The first-order chi connectivity index (χ1) is 7.36. The van der Waals surface area contributed by atoms with Gasteiger partial charge >= 0.3 is 0 Å². The molecule has 0 saturated heterocycles. The van der Waals surface area contributed by atoms with Crippen LogP contribution in [0.3, 0.4) is 0 Å². The lowest BCUT2D eigenvalue weighted by molar-refractivity contribution is -0.386. The molecule has 0 heterocycles. The van der Waals surface area contributed by atoms with Gasteiger partial charge in [0, 0.05) is 13.7 Å². The monoisotopic (exact) mass is 209 g/mol. The van der Waals surface area contributed by atoms with Gasteiger partial charge in [-0.25, -0.2) is 0 Å². The highest BCUT2D eigenvalue weighted by atomic mass is 16.5. The summed E-state index contributed by atoms with van der Waals surface area (Å²) >= 11 is 0. The van der Waals surface area contributed by atoms with Crippen molar-refractivity contribution in [1.82, 2.24) is 0 Å². The molecule has 0 aromatic heterocycles. The van der Waals surface area contributed by atoms with Crippen LogP contribution in [-0.4, -0.2) is 20.3 Å². The summed E-state index contributed by atoms with van der Waals surface area (Å²) in [5.41, 5.74) is 0.793. The largest absolute Gasteiger partial charge is 0.851 e. The minimum atomic E-state index is -0.173. The molecule has 0 radical (unpaired) electrons. The van der Waals surface area contributed by atoms with E-state index < -0.39 is 0 Å². The number of unbranched alkanes of at least 4 members (excludes halogenated alkanes) is 1.